The first kappa shape index (κ1) is 25.0. The number of rotatable bonds is 8. The predicted molar refractivity (Wildman–Crippen MR) is 129 cm³/mol. The minimum absolute atomic E-state index is 0.0218. The van der Waals surface area contributed by atoms with E-state index in [9.17, 15) is 12.8 Å². The van der Waals surface area contributed by atoms with Gasteiger partial charge in [-0.1, -0.05) is 12.1 Å². The Bertz CT molecular complexity index is 1030. The molecule has 0 spiro atoms. The molecule has 2 aromatic rings. The minimum Gasteiger partial charge on any atom is -0.378 e. The molecule has 2 heterocycles. The lowest BCUT2D eigenvalue weighted by Gasteiger charge is -2.40. The molecule has 10 heteroatoms. The smallest absolute Gasteiger partial charge is 0.279 e. The first-order valence-electron chi connectivity index (χ1n) is 11.9. The molecule has 2 aliphatic rings. The third-order valence-electron chi connectivity index (χ3n) is 6.94. The minimum atomic E-state index is -3.55. The second-order valence-electron chi connectivity index (χ2n) is 9.45. The van der Waals surface area contributed by atoms with E-state index < -0.39 is 10.2 Å². The quantitative estimate of drug-likeness (QED) is 0.611. The zero-order valence-corrected chi connectivity index (χ0v) is 20.6. The molecule has 8 nitrogen and oxygen atoms in total. The summed E-state index contributed by atoms with van der Waals surface area (Å²) in [6.45, 7) is 1.79. The van der Waals surface area contributed by atoms with Crippen molar-refractivity contribution in [2.45, 2.75) is 50.2 Å². The Morgan fingerprint density at radius 2 is 1.94 bits per heavy atom. The summed E-state index contributed by atoms with van der Waals surface area (Å²) in [6.07, 6.45) is 6.17. The first-order valence-corrected chi connectivity index (χ1v) is 13.4. The Labute approximate surface area is 201 Å². The maximum Gasteiger partial charge on any atom is 0.279 e. The number of benzene rings is 1. The number of halogens is 1. The molecule has 1 saturated carbocycles. The van der Waals surface area contributed by atoms with Crippen LogP contribution in [-0.2, 0) is 14.9 Å². The molecule has 1 saturated heterocycles. The summed E-state index contributed by atoms with van der Waals surface area (Å²) < 4.78 is 49.0. The van der Waals surface area contributed by atoms with Gasteiger partial charge in [0.25, 0.3) is 10.2 Å². The standard InChI is InChI=1S/C24H34FN5O3S/c1-29(2)34(31,32)28-23-12-14-30(24-7-4-13-26-27-24)16-20(23)17-33-22-10-8-18(9-11-22)19-5-3-6-21(25)15-19/h3-7,13,15,18,20,22-23,28H,8-12,14,16-17H2,1-2H3. The number of hydrogen-bond donors (Lipinski definition) is 1. The summed E-state index contributed by atoms with van der Waals surface area (Å²) in [5.41, 5.74) is 1.06. The molecule has 1 aliphatic heterocycles. The molecular weight excluding hydrogens is 457 g/mol. The van der Waals surface area contributed by atoms with Crippen LogP contribution in [0.25, 0.3) is 0 Å². The van der Waals surface area contributed by atoms with Crippen LogP contribution in [0.1, 0.15) is 43.6 Å². The number of piperidine rings is 1. The lowest BCUT2D eigenvalue weighted by atomic mass is 9.82. The molecule has 1 N–H and O–H groups in total. The van der Waals surface area contributed by atoms with Gasteiger partial charge in [0.1, 0.15) is 5.82 Å². The van der Waals surface area contributed by atoms with Gasteiger partial charge in [0, 0.05) is 45.3 Å². The summed E-state index contributed by atoms with van der Waals surface area (Å²) in [7, 11) is -0.492. The molecule has 1 aromatic heterocycles. The predicted octanol–water partition coefficient (Wildman–Crippen LogP) is 2.95. The summed E-state index contributed by atoms with van der Waals surface area (Å²) >= 11 is 0. The second kappa shape index (κ2) is 11.1. The molecule has 2 unspecified atom stereocenters. The van der Waals surface area contributed by atoms with Gasteiger partial charge in [0.2, 0.25) is 0 Å². The van der Waals surface area contributed by atoms with Crippen molar-refractivity contribution in [2.75, 3.05) is 38.7 Å². The number of aromatic nitrogens is 2. The van der Waals surface area contributed by atoms with E-state index in [2.05, 4.69) is 19.8 Å². The highest BCUT2D eigenvalue weighted by molar-refractivity contribution is 7.87. The van der Waals surface area contributed by atoms with Gasteiger partial charge in [-0.3, -0.25) is 0 Å². The molecule has 0 bridgehead atoms. The van der Waals surface area contributed by atoms with Crippen molar-refractivity contribution in [2.24, 2.45) is 5.92 Å². The lowest BCUT2D eigenvalue weighted by molar-refractivity contribution is -0.00224. The van der Waals surface area contributed by atoms with Crippen molar-refractivity contribution < 1.29 is 17.5 Å². The molecule has 4 rings (SSSR count). The Balaban J connectivity index is 1.37. The highest BCUT2D eigenvalue weighted by Crippen LogP contribution is 2.35. The van der Waals surface area contributed by atoms with E-state index in [1.807, 2.05) is 18.2 Å². The Morgan fingerprint density at radius 3 is 2.62 bits per heavy atom. The summed E-state index contributed by atoms with van der Waals surface area (Å²) in [5, 5.41) is 8.20. The van der Waals surface area contributed by atoms with Crippen molar-refractivity contribution in [3.05, 3.63) is 54.0 Å². The fraction of sp³-hybridized carbons (Fsp3) is 0.583. The van der Waals surface area contributed by atoms with Crippen LogP contribution in [0.2, 0.25) is 0 Å². The number of hydrogen-bond acceptors (Lipinski definition) is 6. The monoisotopic (exact) mass is 491 g/mol. The van der Waals surface area contributed by atoms with E-state index in [4.69, 9.17) is 4.74 Å². The van der Waals surface area contributed by atoms with Crippen LogP contribution in [-0.4, -0.2) is 68.9 Å². The number of ether oxygens (including phenoxy) is 1. The third kappa shape index (κ3) is 6.29. The highest BCUT2D eigenvalue weighted by atomic mass is 32.2. The molecule has 34 heavy (non-hydrogen) atoms. The second-order valence-corrected chi connectivity index (χ2v) is 11.4. The van der Waals surface area contributed by atoms with Crippen molar-refractivity contribution >= 4 is 16.0 Å². The molecular formula is C24H34FN5O3S. The van der Waals surface area contributed by atoms with Gasteiger partial charge < -0.3 is 9.64 Å². The maximum absolute atomic E-state index is 13.6. The van der Waals surface area contributed by atoms with Gasteiger partial charge in [-0.05, 0) is 67.9 Å². The largest absolute Gasteiger partial charge is 0.378 e. The van der Waals surface area contributed by atoms with Crippen molar-refractivity contribution in [1.82, 2.24) is 19.2 Å². The molecule has 1 aliphatic carbocycles. The number of nitrogens with one attached hydrogen (secondary N) is 1. The summed E-state index contributed by atoms with van der Waals surface area (Å²) in [5.74, 6) is 0.938. The highest BCUT2D eigenvalue weighted by Gasteiger charge is 2.34. The van der Waals surface area contributed by atoms with E-state index in [1.165, 1.54) is 24.5 Å². The van der Waals surface area contributed by atoms with Crippen LogP contribution < -0.4 is 9.62 Å². The Kier molecular flexibility index (Phi) is 8.13. The number of anilines is 1. The normalized spacial score (nSPS) is 26.1. The van der Waals surface area contributed by atoms with Gasteiger partial charge >= 0.3 is 0 Å². The molecule has 2 fully saturated rings. The molecule has 0 amide bonds. The van der Waals surface area contributed by atoms with Crippen LogP contribution in [0, 0.1) is 11.7 Å². The zero-order valence-electron chi connectivity index (χ0n) is 19.8. The fourth-order valence-electron chi connectivity index (χ4n) is 4.91. The van der Waals surface area contributed by atoms with E-state index in [0.29, 0.717) is 32.0 Å². The van der Waals surface area contributed by atoms with E-state index >= 15 is 0 Å². The first-order chi connectivity index (χ1) is 16.3. The summed E-state index contributed by atoms with van der Waals surface area (Å²) in [6, 6.07) is 10.4. The molecule has 2 atom stereocenters. The SMILES string of the molecule is CN(C)S(=O)(=O)NC1CCN(c2cccnn2)CC1COC1CCC(c2cccc(F)c2)CC1. The summed E-state index contributed by atoms with van der Waals surface area (Å²) in [4.78, 5) is 2.14. The van der Waals surface area contributed by atoms with Gasteiger partial charge in [-0.25, -0.2) is 4.39 Å². The van der Waals surface area contributed by atoms with Crippen LogP contribution in [0.3, 0.4) is 0 Å². The fourth-order valence-corrected chi connectivity index (χ4v) is 5.81. The Hall–Kier alpha value is -2.14. The number of nitrogens with zero attached hydrogens (tertiary/aromatic N) is 4. The van der Waals surface area contributed by atoms with Crippen molar-refractivity contribution in [3.8, 4) is 0 Å². The average Bonchev–Trinajstić information content (AvgIpc) is 2.84. The van der Waals surface area contributed by atoms with Crippen LogP contribution in [0.15, 0.2) is 42.6 Å². The molecule has 186 valence electrons. The lowest BCUT2D eigenvalue weighted by Crippen LogP contribution is -2.54. The zero-order chi connectivity index (χ0) is 24.1. The maximum atomic E-state index is 13.6. The van der Waals surface area contributed by atoms with E-state index in [1.54, 1.807) is 18.3 Å². The Morgan fingerprint density at radius 1 is 1.15 bits per heavy atom. The van der Waals surface area contributed by atoms with Crippen LogP contribution >= 0.6 is 0 Å². The van der Waals surface area contributed by atoms with E-state index in [-0.39, 0.29) is 23.9 Å². The van der Waals surface area contributed by atoms with E-state index in [0.717, 1.165) is 37.1 Å². The third-order valence-corrected chi connectivity index (χ3v) is 8.50. The molecule has 0 radical (unpaired) electrons. The van der Waals surface area contributed by atoms with Crippen LogP contribution in [0.4, 0.5) is 10.2 Å². The van der Waals surface area contributed by atoms with Crippen LogP contribution in [0.5, 0.6) is 0 Å². The van der Waals surface area contributed by atoms with Gasteiger partial charge in [-0.2, -0.15) is 22.5 Å². The van der Waals surface area contributed by atoms with Gasteiger partial charge in [-0.15, -0.1) is 5.10 Å². The molecule has 1 aromatic carbocycles. The van der Waals surface area contributed by atoms with Gasteiger partial charge in [0.15, 0.2) is 5.82 Å². The van der Waals surface area contributed by atoms with Crippen molar-refractivity contribution in [1.29, 1.82) is 0 Å². The topological polar surface area (TPSA) is 87.7 Å². The average molecular weight is 492 g/mol. The van der Waals surface area contributed by atoms with Crippen molar-refractivity contribution in [3.63, 3.8) is 0 Å². The van der Waals surface area contributed by atoms with Gasteiger partial charge in [0.05, 0.1) is 12.7 Å².